The van der Waals surface area contributed by atoms with E-state index < -0.39 is 13.0 Å². The SMILES string of the molecule is CCC(=Nc1cnn(CC(F)F)c1)c1c(O)[nH]c2ccc(Br)cc12. The molecule has 126 valence electrons. The van der Waals surface area contributed by atoms with Crippen molar-refractivity contribution < 1.29 is 13.9 Å². The monoisotopic (exact) mass is 396 g/mol. The third-order valence-electron chi connectivity index (χ3n) is 3.57. The Labute approximate surface area is 145 Å². The van der Waals surface area contributed by atoms with Crippen molar-refractivity contribution in [3.8, 4) is 5.88 Å². The second-order valence-electron chi connectivity index (χ2n) is 5.26. The van der Waals surface area contributed by atoms with Crippen LogP contribution in [-0.4, -0.2) is 32.0 Å². The van der Waals surface area contributed by atoms with E-state index in [4.69, 9.17) is 0 Å². The quantitative estimate of drug-likeness (QED) is 0.617. The maximum atomic E-state index is 12.4. The predicted molar refractivity (Wildman–Crippen MR) is 92.4 cm³/mol. The van der Waals surface area contributed by atoms with Gasteiger partial charge in [0.2, 0.25) is 0 Å². The molecule has 0 aliphatic heterocycles. The van der Waals surface area contributed by atoms with Crippen LogP contribution in [0.15, 0.2) is 40.1 Å². The number of rotatable bonds is 5. The molecule has 0 saturated heterocycles. The van der Waals surface area contributed by atoms with Crippen LogP contribution in [0.5, 0.6) is 5.88 Å². The lowest BCUT2D eigenvalue weighted by Crippen LogP contribution is -2.06. The smallest absolute Gasteiger partial charge is 0.257 e. The zero-order chi connectivity index (χ0) is 17.3. The number of aromatic amines is 1. The summed E-state index contributed by atoms with van der Waals surface area (Å²) in [4.78, 5) is 7.40. The van der Waals surface area contributed by atoms with Gasteiger partial charge >= 0.3 is 0 Å². The van der Waals surface area contributed by atoms with Crippen molar-refractivity contribution in [3.05, 3.63) is 40.6 Å². The highest BCUT2D eigenvalue weighted by Crippen LogP contribution is 2.31. The Morgan fingerprint density at radius 1 is 1.46 bits per heavy atom. The lowest BCUT2D eigenvalue weighted by atomic mass is 10.1. The summed E-state index contributed by atoms with van der Waals surface area (Å²) in [6.45, 7) is 1.45. The van der Waals surface area contributed by atoms with Gasteiger partial charge in [-0.1, -0.05) is 22.9 Å². The van der Waals surface area contributed by atoms with E-state index >= 15 is 0 Å². The van der Waals surface area contributed by atoms with Crippen molar-refractivity contribution in [2.24, 2.45) is 4.99 Å². The van der Waals surface area contributed by atoms with Crippen LogP contribution in [0, 0.1) is 0 Å². The van der Waals surface area contributed by atoms with Gasteiger partial charge in [-0.15, -0.1) is 0 Å². The van der Waals surface area contributed by atoms with E-state index in [1.807, 2.05) is 25.1 Å². The molecule has 0 fully saturated rings. The van der Waals surface area contributed by atoms with Gasteiger partial charge in [0, 0.05) is 15.4 Å². The number of nitrogens with zero attached hydrogens (tertiary/aromatic N) is 3. The summed E-state index contributed by atoms with van der Waals surface area (Å²) < 4.78 is 26.9. The molecule has 3 aromatic rings. The van der Waals surface area contributed by atoms with Gasteiger partial charge in [-0.05, 0) is 24.6 Å². The molecule has 0 spiro atoms. The van der Waals surface area contributed by atoms with Gasteiger partial charge in [-0.2, -0.15) is 5.10 Å². The van der Waals surface area contributed by atoms with E-state index in [1.165, 1.54) is 12.4 Å². The molecule has 0 bridgehead atoms. The lowest BCUT2D eigenvalue weighted by Gasteiger charge is -2.03. The van der Waals surface area contributed by atoms with Crippen molar-refractivity contribution in [1.82, 2.24) is 14.8 Å². The van der Waals surface area contributed by atoms with E-state index in [0.29, 0.717) is 23.4 Å². The Morgan fingerprint density at radius 3 is 2.96 bits per heavy atom. The zero-order valence-corrected chi connectivity index (χ0v) is 14.4. The summed E-state index contributed by atoms with van der Waals surface area (Å²) in [6.07, 6.45) is 0.985. The Kier molecular flexibility index (Phi) is 4.66. The van der Waals surface area contributed by atoms with E-state index in [2.05, 4.69) is 31.0 Å². The highest BCUT2D eigenvalue weighted by Gasteiger charge is 2.16. The first-order valence-corrected chi connectivity index (χ1v) is 8.16. The molecule has 24 heavy (non-hydrogen) atoms. The molecule has 1 aromatic carbocycles. The minimum Gasteiger partial charge on any atom is -0.494 e. The van der Waals surface area contributed by atoms with Gasteiger partial charge in [-0.25, -0.2) is 13.8 Å². The fourth-order valence-corrected chi connectivity index (χ4v) is 2.92. The minimum absolute atomic E-state index is 0.0312. The number of hydrogen-bond donors (Lipinski definition) is 2. The summed E-state index contributed by atoms with van der Waals surface area (Å²) in [5.74, 6) is 0.0312. The third kappa shape index (κ3) is 3.33. The number of benzene rings is 1. The fraction of sp³-hybridized carbons (Fsp3) is 0.250. The first-order valence-electron chi connectivity index (χ1n) is 7.36. The first-order chi connectivity index (χ1) is 11.5. The molecular weight excluding hydrogens is 382 g/mol. The van der Waals surface area contributed by atoms with Gasteiger partial charge in [0.25, 0.3) is 6.43 Å². The zero-order valence-electron chi connectivity index (χ0n) is 12.8. The molecule has 0 saturated carbocycles. The number of H-pyrrole nitrogens is 1. The van der Waals surface area contributed by atoms with Crippen LogP contribution >= 0.6 is 15.9 Å². The highest BCUT2D eigenvalue weighted by atomic mass is 79.9. The second-order valence-corrected chi connectivity index (χ2v) is 6.18. The molecule has 3 rings (SSSR count). The van der Waals surface area contributed by atoms with Gasteiger partial charge in [0.1, 0.15) is 12.2 Å². The van der Waals surface area contributed by atoms with Crippen molar-refractivity contribution in [2.75, 3.05) is 0 Å². The molecule has 2 aromatic heterocycles. The average molecular weight is 397 g/mol. The molecular formula is C16H15BrF2N4O. The number of fused-ring (bicyclic) bond motifs is 1. The van der Waals surface area contributed by atoms with Crippen LogP contribution < -0.4 is 0 Å². The van der Waals surface area contributed by atoms with E-state index in [9.17, 15) is 13.9 Å². The van der Waals surface area contributed by atoms with Crippen LogP contribution in [0.2, 0.25) is 0 Å². The summed E-state index contributed by atoms with van der Waals surface area (Å²) in [6, 6.07) is 5.63. The van der Waals surface area contributed by atoms with E-state index in [-0.39, 0.29) is 5.88 Å². The predicted octanol–water partition coefficient (Wildman–Crippen LogP) is 4.63. The molecule has 5 nitrogen and oxygen atoms in total. The molecule has 0 aliphatic rings. The third-order valence-corrected chi connectivity index (χ3v) is 4.07. The van der Waals surface area contributed by atoms with Gasteiger partial charge in [0.05, 0.1) is 23.7 Å². The topological polar surface area (TPSA) is 66.2 Å². The molecule has 0 unspecified atom stereocenters. The van der Waals surface area contributed by atoms with Crippen molar-refractivity contribution in [3.63, 3.8) is 0 Å². The molecule has 0 atom stereocenters. The molecule has 2 heterocycles. The summed E-state index contributed by atoms with van der Waals surface area (Å²) in [7, 11) is 0. The van der Waals surface area contributed by atoms with Crippen molar-refractivity contribution >= 4 is 38.2 Å². The maximum Gasteiger partial charge on any atom is 0.257 e. The van der Waals surface area contributed by atoms with Crippen LogP contribution in [0.3, 0.4) is 0 Å². The largest absolute Gasteiger partial charge is 0.494 e. The number of aromatic hydroxyl groups is 1. The summed E-state index contributed by atoms with van der Waals surface area (Å²) in [5, 5.41) is 15.0. The van der Waals surface area contributed by atoms with Crippen molar-refractivity contribution in [2.45, 2.75) is 26.3 Å². The fourth-order valence-electron chi connectivity index (χ4n) is 2.56. The molecule has 0 aliphatic carbocycles. The van der Waals surface area contributed by atoms with Gasteiger partial charge < -0.3 is 10.1 Å². The normalized spacial score (nSPS) is 12.5. The van der Waals surface area contributed by atoms with Gasteiger partial charge in [0.15, 0.2) is 5.88 Å². The Hall–Kier alpha value is -2.22. The summed E-state index contributed by atoms with van der Waals surface area (Å²) >= 11 is 3.42. The number of aromatic nitrogens is 3. The first kappa shape index (κ1) is 16.6. The second kappa shape index (κ2) is 6.72. The lowest BCUT2D eigenvalue weighted by molar-refractivity contribution is 0.122. The molecule has 0 radical (unpaired) electrons. The van der Waals surface area contributed by atoms with Crippen molar-refractivity contribution in [1.29, 1.82) is 0 Å². The highest BCUT2D eigenvalue weighted by molar-refractivity contribution is 9.10. The molecule has 8 heteroatoms. The van der Waals surface area contributed by atoms with Crippen LogP contribution in [0.1, 0.15) is 18.9 Å². The van der Waals surface area contributed by atoms with E-state index in [0.717, 1.165) is 20.1 Å². The number of halogens is 3. The van der Waals surface area contributed by atoms with Gasteiger partial charge in [-0.3, -0.25) is 4.68 Å². The van der Waals surface area contributed by atoms with Crippen LogP contribution in [-0.2, 0) is 6.54 Å². The van der Waals surface area contributed by atoms with Crippen LogP contribution in [0.25, 0.3) is 10.9 Å². The Bertz CT molecular complexity index is 901. The number of alkyl halides is 2. The summed E-state index contributed by atoms with van der Waals surface area (Å²) in [5.41, 5.74) is 2.51. The minimum atomic E-state index is -2.47. The maximum absolute atomic E-state index is 12.4. The van der Waals surface area contributed by atoms with E-state index in [1.54, 1.807) is 0 Å². The number of nitrogens with one attached hydrogen (secondary N) is 1. The molecule has 2 N–H and O–H groups in total. The van der Waals surface area contributed by atoms with Crippen LogP contribution in [0.4, 0.5) is 14.5 Å². The standard InChI is InChI=1S/C16H15BrF2N4O/c1-2-12(21-10-6-20-23(7-10)8-14(18)19)15-11-5-9(17)3-4-13(11)22-16(15)24/h3-7,14,22,24H,2,8H2,1H3. The molecule has 0 amide bonds. The number of hydrogen-bond acceptors (Lipinski definition) is 3. The Balaban J connectivity index is 2.04. The average Bonchev–Trinajstić information content (AvgIpc) is 3.08. The number of aliphatic imine (C=N–C) groups is 1. The Morgan fingerprint density at radius 2 is 2.25 bits per heavy atom.